The molecular weight excluding hydrogens is 296 g/mol. The van der Waals surface area contributed by atoms with E-state index in [4.69, 9.17) is 11.6 Å². The second kappa shape index (κ2) is 4.42. The van der Waals surface area contributed by atoms with Gasteiger partial charge in [0.05, 0.1) is 12.3 Å². The summed E-state index contributed by atoms with van der Waals surface area (Å²) in [6, 6.07) is 0. The third kappa shape index (κ3) is 1.98. The second-order valence-corrected chi connectivity index (χ2v) is 8.60. The number of fused-ring (bicyclic) bond motifs is 1. The Kier molecular flexibility index (Phi) is 3.14. The van der Waals surface area contributed by atoms with Crippen molar-refractivity contribution in [1.82, 2.24) is 9.29 Å². The lowest BCUT2D eigenvalue weighted by atomic mass is 10.00. The van der Waals surface area contributed by atoms with Crippen molar-refractivity contribution in [3.8, 4) is 0 Å². The van der Waals surface area contributed by atoms with E-state index in [9.17, 15) is 13.5 Å². The van der Waals surface area contributed by atoms with Crippen molar-refractivity contribution in [3.63, 3.8) is 0 Å². The number of nitrogens with zero attached hydrogens (tertiary/aromatic N) is 2. The molecule has 1 saturated carbocycles. The normalized spacial score (nSPS) is 32.9. The van der Waals surface area contributed by atoms with Gasteiger partial charge in [0.25, 0.3) is 10.0 Å². The fourth-order valence-corrected chi connectivity index (χ4v) is 5.86. The second-order valence-electron chi connectivity index (χ2n) is 4.82. The Bertz CT molecular complexity index is 559. The van der Waals surface area contributed by atoms with Gasteiger partial charge in [0.15, 0.2) is 8.68 Å². The highest BCUT2D eigenvalue weighted by Gasteiger charge is 2.46. The maximum Gasteiger partial charge on any atom is 0.254 e. The van der Waals surface area contributed by atoms with Crippen LogP contribution < -0.4 is 0 Å². The molecule has 2 heterocycles. The molecule has 0 bridgehead atoms. The van der Waals surface area contributed by atoms with Crippen molar-refractivity contribution in [2.45, 2.75) is 23.2 Å². The molecule has 0 radical (unpaired) electrons. The zero-order valence-corrected chi connectivity index (χ0v) is 11.9. The summed E-state index contributed by atoms with van der Waals surface area (Å²) in [4.78, 5) is 3.77. The summed E-state index contributed by atoms with van der Waals surface area (Å²) < 4.78 is 26.5. The van der Waals surface area contributed by atoms with Crippen LogP contribution in [0.4, 0.5) is 0 Å². The number of rotatable bonds is 2. The van der Waals surface area contributed by atoms with E-state index in [0.717, 1.165) is 24.2 Å². The van der Waals surface area contributed by atoms with Gasteiger partial charge in [-0.05, 0) is 18.8 Å². The molecule has 2 aliphatic rings. The molecule has 2 fully saturated rings. The molecule has 8 heteroatoms. The molecule has 3 rings (SSSR count). The summed E-state index contributed by atoms with van der Waals surface area (Å²) in [5.74, 6) is 0.376. The third-order valence-electron chi connectivity index (χ3n) is 3.84. The van der Waals surface area contributed by atoms with Crippen LogP contribution in [0.25, 0.3) is 0 Å². The molecule has 0 spiro atoms. The van der Waals surface area contributed by atoms with Gasteiger partial charge in [0.1, 0.15) is 0 Å². The molecule has 3 atom stereocenters. The molecule has 1 N–H and O–H groups in total. The first-order valence-corrected chi connectivity index (χ1v) is 8.41. The molecule has 3 unspecified atom stereocenters. The number of hydrogen-bond acceptors (Lipinski definition) is 5. The minimum absolute atomic E-state index is 0.0863. The number of aliphatic hydroxyl groups excluding tert-OH is 1. The highest BCUT2D eigenvalue weighted by atomic mass is 35.5. The van der Waals surface area contributed by atoms with Crippen molar-refractivity contribution < 1.29 is 13.5 Å². The van der Waals surface area contributed by atoms with Gasteiger partial charge in [0.2, 0.25) is 0 Å². The number of halogens is 1. The summed E-state index contributed by atoms with van der Waals surface area (Å²) in [5, 5.41) is 9.81. The van der Waals surface area contributed by atoms with E-state index in [-0.39, 0.29) is 26.6 Å². The quantitative estimate of drug-likeness (QED) is 0.891. The monoisotopic (exact) mass is 308 g/mol. The van der Waals surface area contributed by atoms with Crippen LogP contribution in [0.2, 0.25) is 4.47 Å². The van der Waals surface area contributed by atoms with Crippen LogP contribution in [0, 0.1) is 11.8 Å². The smallest absolute Gasteiger partial charge is 0.254 e. The van der Waals surface area contributed by atoms with Crippen LogP contribution in [0.15, 0.2) is 10.4 Å². The first-order valence-electron chi connectivity index (χ1n) is 5.78. The molecule has 1 saturated heterocycles. The van der Waals surface area contributed by atoms with Crippen LogP contribution in [-0.4, -0.2) is 42.0 Å². The van der Waals surface area contributed by atoms with Gasteiger partial charge < -0.3 is 5.11 Å². The van der Waals surface area contributed by atoms with E-state index < -0.39 is 10.0 Å². The lowest BCUT2D eigenvalue weighted by molar-refractivity contribution is 0.129. The van der Waals surface area contributed by atoms with Crippen LogP contribution in [-0.2, 0) is 10.0 Å². The van der Waals surface area contributed by atoms with Crippen LogP contribution in [0.1, 0.15) is 12.8 Å². The van der Waals surface area contributed by atoms with Crippen LogP contribution >= 0.6 is 22.9 Å². The zero-order valence-electron chi connectivity index (χ0n) is 9.49. The van der Waals surface area contributed by atoms with Gasteiger partial charge >= 0.3 is 0 Å². The third-order valence-corrected chi connectivity index (χ3v) is 7.22. The van der Waals surface area contributed by atoms with E-state index in [1.807, 2.05) is 0 Å². The molecular formula is C10H13ClN2O3S2. The van der Waals surface area contributed by atoms with E-state index in [1.54, 1.807) is 0 Å². The Morgan fingerprint density at radius 3 is 2.83 bits per heavy atom. The molecule has 18 heavy (non-hydrogen) atoms. The van der Waals surface area contributed by atoms with Gasteiger partial charge in [-0.1, -0.05) is 22.9 Å². The maximum absolute atomic E-state index is 12.3. The molecule has 5 nitrogen and oxygen atoms in total. The average molecular weight is 309 g/mol. The predicted octanol–water partition coefficient (Wildman–Crippen LogP) is 1.19. The van der Waals surface area contributed by atoms with Gasteiger partial charge in [-0.2, -0.15) is 4.31 Å². The summed E-state index contributed by atoms with van der Waals surface area (Å²) in [6.07, 6.45) is 2.63. The van der Waals surface area contributed by atoms with Crippen molar-refractivity contribution in [3.05, 3.63) is 10.7 Å². The number of aliphatic hydroxyl groups is 1. The lowest BCUT2D eigenvalue weighted by Crippen LogP contribution is -2.30. The fraction of sp³-hybridized carbons (Fsp3) is 0.700. The van der Waals surface area contributed by atoms with Gasteiger partial charge in [-0.25, -0.2) is 13.4 Å². The van der Waals surface area contributed by atoms with Gasteiger partial charge in [0, 0.05) is 19.0 Å². The van der Waals surface area contributed by atoms with Crippen molar-refractivity contribution in [1.29, 1.82) is 0 Å². The van der Waals surface area contributed by atoms with Crippen molar-refractivity contribution >= 4 is 33.0 Å². The highest BCUT2D eigenvalue weighted by Crippen LogP contribution is 2.40. The minimum Gasteiger partial charge on any atom is -0.393 e. The molecule has 1 aliphatic carbocycles. The van der Waals surface area contributed by atoms with E-state index in [0.29, 0.717) is 13.1 Å². The largest absolute Gasteiger partial charge is 0.393 e. The summed E-state index contributed by atoms with van der Waals surface area (Å²) >= 11 is 6.65. The first-order chi connectivity index (χ1) is 8.48. The van der Waals surface area contributed by atoms with Gasteiger partial charge in [-0.15, -0.1) is 0 Å². The zero-order chi connectivity index (χ0) is 12.9. The Balaban J connectivity index is 1.84. The van der Waals surface area contributed by atoms with E-state index >= 15 is 0 Å². The summed E-state index contributed by atoms with van der Waals surface area (Å²) in [5.41, 5.74) is 0. The Hall–Kier alpha value is -0.210. The summed E-state index contributed by atoms with van der Waals surface area (Å²) in [6.45, 7) is 0.906. The SMILES string of the molecule is O=S(=O)(c1cnc(Cl)s1)N1CC2CCC(O)C2C1. The standard InChI is InChI=1S/C10H13ClN2O3S2/c11-10-12-3-9(17-10)18(15,16)13-4-6-1-2-8(14)7(6)5-13/h3,6-8,14H,1-2,4-5H2. The Labute approximate surface area is 114 Å². The van der Waals surface area contributed by atoms with Gasteiger partial charge in [-0.3, -0.25) is 0 Å². The maximum atomic E-state index is 12.3. The average Bonchev–Trinajstić information content (AvgIpc) is 2.96. The first kappa shape index (κ1) is 12.8. The highest BCUT2D eigenvalue weighted by molar-refractivity contribution is 7.91. The summed E-state index contributed by atoms with van der Waals surface area (Å²) in [7, 11) is -3.49. The Morgan fingerprint density at radius 1 is 1.44 bits per heavy atom. The van der Waals surface area contributed by atoms with Crippen molar-refractivity contribution in [2.75, 3.05) is 13.1 Å². The number of thiazole rings is 1. The molecule has 1 aromatic rings. The van der Waals surface area contributed by atoms with Crippen molar-refractivity contribution in [2.24, 2.45) is 11.8 Å². The fourth-order valence-electron chi connectivity index (χ4n) is 2.88. The van der Waals surface area contributed by atoms with E-state index in [2.05, 4.69) is 4.98 Å². The predicted molar refractivity (Wildman–Crippen MR) is 68.1 cm³/mol. The molecule has 0 amide bonds. The minimum atomic E-state index is -3.49. The molecule has 100 valence electrons. The molecule has 1 aromatic heterocycles. The number of hydrogen-bond donors (Lipinski definition) is 1. The molecule has 0 aromatic carbocycles. The lowest BCUT2D eigenvalue weighted by Gasteiger charge is -2.16. The van der Waals surface area contributed by atoms with E-state index in [1.165, 1.54) is 10.5 Å². The Morgan fingerprint density at radius 2 is 2.22 bits per heavy atom. The van der Waals surface area contributed by atoms with Crippen LogP contribution in [0.5, 0.6) is 0 Å². The molecule has 1 aliphatic heterocycles. The topological polar surface area (TPSA) is 70.5 Å². The number of aromatic nitrogens is 1. The number of sulfonamides is 1. The van der Waals surface area contributed by atoms with Crippen LogP contribution in [0.3, 0.4) is 0 Å².